The van der Waals surface area contributed by atoms with Crippen molar-refractivity contribution in [1.82, 2.24) is 20.1 Å². The molecule has 0 fully saturated rings. The summed E-state index contributed by atoms with van der Waals surface area (Å²) >= 11 is 0. The molecule has 2 amide bonds. The predicted octanol–water partition coefficient (Wildman–Crippen LogP) is 4.71. The van der Waals surface area contributed by atoms with Crippen molar-refractivity contribution in [2.24, 2.45) is 0 Å². The zero-order chi connectivity index (χ0) is 24.1. The lowest BCUT2D eigenvalue weighted by molar-refractivity contribution is -0.137. The van der Waals surface area contributed by atoms with E-state index in [1.807, 2.05) is 30.5 Å². The number of carbonyl (C=O) groups excluding carboxylic acids is 1. The Labute approximate surface area is 193 Å². The first-order chi connectivity index (χ1) is 16.3. The fraction of sp³-hybridized carbons (Fsp3) is 0.208. The number of benzene rings is 1. The number of nitrogens with zero attached hydrogens (tertiary/aromatic N) is 3. The lowest BCUT2D eigenvalue weighted by atomic mass is 9.91. The summed E-state index contributed by atoms with van der Waals surface area (Å²) in [5, 5.41) is 19.2. The molecule has 4 rings (SSSR count). The van der Waals surface area contributed by atoms with Gasteiger partial charge in [-0.3, -0.25) is 9.67 Å². The number of anilines is 1. The number of pyridine rings is 1. The van der Waals surface area contributed by atoms with Crippen molar-refractivity contribution in [1.29, 1.82) is 0 Å². The quantitative estimate of drug-likeness (QED) is 0.488. The van der Waals surface area contributed by atoms with E-state index in [1.165, 1.54) is 12.1 Å². The largest absolute Gasteiger partial charge is 0.416 e. The minimum atomic E-state index is -4.44. The van der Waals surface area contributed by atoms with Crippen LogP contribution in [0.1, 0.15) is 23.6 Å². The van der Waals surface area contributed by atoms with Crippen molar-refractivity contribution in [2.45, 2.75) is 25.1 Å². The number of hydrogen-bond acceptors (Lipinski definition) is 4. The van der Waals surface area contributed by atoms with Gasteiger partial charge in [0.25, 0.3) is 0 Å². The Balaban J connectivity index is 1.50. The number of amides is 2. The zero-order valence-electron chi connectivity index (χ0n) is 18.0. The van der Waals surface area contributed by atoms with E-state index in [0.29, 0.717) is 18.7 Å². The molecular weight excluding hydrogens is 447 g/mol. The molecule has 1 aliphatic carbocycles. The van der Waals surface area contributed by atoms with Gasteiger partial charge in [-0.05, 0) is 54.5 Å². The van der Waals surface area contributed by atoms with Crippen LogP contribution in [0.2, 0.25) is 0 Å². The summed E-state index contributed by atoms with van der Waals surface area (Å²) in [6.45, 7) is 0.305. The standard InChI is InChI=1S/C24H22F3N5O2/c25-24(26,27)18-4-6-19(7-5-18)29-23(34)30-20-3-1-2-17(14-20)22-21(15-32(31-22)12-13-33)16-8-10-28-11-9-16/h1,3-11,14-15,17,33H,2,12-13H2,(H2,29,30,34). The van der Waals surface area contributed by atoms with Gasteiger partial charge in [-0.2, -0.15) is 18.3 Å². The van der Waals surface area contributed by atoms with Crippen LogP contribution in [0.25, 0.3) is 11.1 Å². The molecule has 0 saturated carbocycles. The Morgan fingerprint density at radius 1 is 1.12 bits per heavy atom. The van der Waals surface area contributed by atoms with Crippen LogP contribution < -0.4 is 10.6 Å². The second kappa shape index (κ2) is 9.92. The average Bonchev–Trinajstić information content (AvgIpc) is 3.24. The number of carbonyl (C=O) groups is 1. The van der Waals surface area contributed by atoms with E-state index in [9.17, 15) is 23.1 Å². The summed E-state index contributed by atoms with van der Waals surface area (Å²) in [5.41, 5.74) is 2.63. The van der Waals surface area contributed by atoms with Crippen LogP contribution in [0.5, 0.6) is 0 Å². The maximum atomic E-state index is 12.7. The summed E-state index contributed by atoms with van der Waals surface area (Å²) in [4.78, 5) is 16.5. The number of alkyl halides is 3. The van der Waals surface area contributed by atoms with Crippen molar-refractivity contribution in [3.8, 4) is 11.1 Å². The number of allylic oxidation sites excluding steroid dienone is 3. The lowest BCUT2D eigenvalue weighted by Gasteiger charge is -2.17. The molecule has 10 heteroatoms. The number of rotatable bonds is 6. The summed E-state index contributed by atoms with van der Waals surface area (Å²) in [6, 6.07) is 7.40. The normalized spacial score (nSPS) is 15.6. The molecule has 1 atom stereocenters. The molecule has 3 aromatic rings. The predicted molar refractivity (Wildman–Crippen MR) is 121 cm³/mol. The lowest BCUT2D eigenvalue weighted by Crippen LogP contribution is -2.28. The molecule has 0 spiro atoms. The van der Waals surface area contributed by atoms with Crippen LogP contribution >= 0.6 is 0 Å². The highest BCUT2D eigenvalue weighted by atomic mass is 19.4. The van der Waals surface area contributed by atoms with Gasteiger partial charge >= 0.3 is 12.2 Å². The number of halogens is 3. The van der Waals surface area contributed by atoms with Crippen LogP contribution in [-0.2, 0) is 12.7 Å². The third kappa shape index (κ3) is 5.52. The third-order valence-corrected chi connectivity index (χ3v) is 5.26. The molecule has 0 bridgehead atoms. The average molecular weight is 469 g/mol. The van der Waals surface area contributed by atoms with Gasteiger partial charge in [0.05, 0.1) is 24.4 Å². The van der Waals surface area contributed by atoms with Crippen molar-refractivity contribution in [3.63, 3.8) is 0 Å². The van der Waals surface area contributed by atoms with Crippen LogP contribution in [0, 0.1) is 0 Å². The van der Waals surface area contributed by atoms with E-state index in [2.05, 4.69) is 20.7 Å². The number of aromatic nitrogens is 3. The molecule has 3 N–H and O–H groups in total. The third-order valence-electron chi connectivity index (χ3n) is 5.26. The topological polar surface area (TPSA) is 92.1 Å². The van der Waals surface area contributed by atoms with E-state index < -0.39 is 17.8 Å². The maximum Gasteiger partial charge on any atom is 0.416 e. The molecule has 1 unspecified atom stereocenters. The Morgan fingerprint density at radius 2 is 1.85 bits per heavy atom. The highest BCUT2D eigenvalue weighted by Gasteiger charge is 2.30. The van der Waals surface area contributed by atoms with Crippen LogP contribution in [0.4, 0.5) is 23.7 Å². The van der Waals surface area contributed by atoms with Crippen LogP contribution in [0.3, 0.4) is 0 Å². The molecule has 176 valence electrons. The highest BCUT2D eigenvalue weighted by Crippen LogP contribution is 2.33. The maximum absolute atomic E-state index is 12.7. The molecule has 0 saturated heterocycles. The van der Waals surface area contributed by atoms with Crippen molar-refractivity contribution in [2.75, 3.05) is 11.9 Å². The number of hydrogen-bond donors (Lipinski definition) is 3. The number of aliphatic hydroxyl groups is 1. The van der Waals surface area contributed by atoms with Gasteiger partial charge in [-0.25, -0.2) is 4.79 Å². The van der Waals surface area contributed by atoms with Crippen molar-refractivity contribution < 1.29 is 23.1 Å². The van der Waals surface area contributed by atoms with Gasteiger partial charge in [0.2, 0.25) is 0 Å². The van der Waals surface area contributed by atoms with Crippen LogP contribution in [-0.4, -0.2) is 32.5 Å². The van der Waals surface area contributed by atoms with E-state index in [0.717, 1.165) is 29.0 Å². The second-order valence-corrected chi connectivity index (χ2v) is 7.67. The molecule has 7 nitrogen and oxygen atoms in total. The summed E-state index contributed by atoms with van der Waals surface area (Å²) in [5.74, 6) is -0.130. The first kappa shape index (κ1) is 23.2. The summed E-state index contributed by atoms with van der Waals surface area (Å²) in [7, 11) is 0. The smallest absolute Gasteiger partial charge is 0.394 e. The van der Waals surface area contributed by atoms with Gasteiger partial charge in [-0.15, -0.1) is 0 Å². The highest BCUT2D eigenvalue weighted by molar-refractivity contribution is 5.90. The minimum Gasteiger partial charge on any atom is -0.394 e. The molecule has 1 aromatic carbocycles. The van der Waals surface area contributed by atoms with Gasteiger partial charge in [-0.1, -0.05) is 12.2 Å². The first-order valence-corrected chi connectivity index (χ1v) is 10.6. The molecular formula is C24H22F3N5O2. The monoisotopic (exact) mass is 469 g/mol. The van der Waals surface area contributed by atoms with Gasteiger partial charge in [0, 0.05) is 41.5 Å². The molecule has 1 aliphatic rings. The Kier molecular flexibility index (Phi) is 6.78. The van der Waals surface area contributed by atoms with Crippen molar-refractivity contribution >= 4 is 11.7 Å². The fourth-order valence-corrected chi connectivity index (χ4v) is 3.67. The Hall–Kier alpha value is -3.92. The molecule has 0 aliphatic heterocycles. The number of aliphatic hydroxyl groups excluding tert-OH is 1. The molecule has 2 aromatic heterocycles. The first-order valence-electron chi connectivity index (χ1n) is 10.6. The summed E-state index contributed by atoms with van der Waals surface area (Å²) < 4.78 is 39.8. The summed E-state index contributed by atoms with van der Waals surface area (Å²) in [6.07, 6.45) is 7.04. The van der Waals surface area contributed by atoms with E-state index >= 15 is 0 Å². The second-order valence-electron chi connectivity index (χ2n) is 7.67. The number of urea groups is 1. The Bertz CT molecular complexity index is 1200. The van der Waals surface area contributed by atoms with Gasteiger partial charge in [0.15, 0.2) is 0 Å². The zero-order valence-corrected chi connectivity index (χ0v) is 18.0. The Morgan fingerprint density at radius 3 is 2.53 bits per heavy atom. The molecule has 0 radical (unpaired) electrons. The van der Waals surface area contributed by atoms with Crippen LogP contribution in [0.15, 0.2) is 78.9 Å². The number of nitrogens with one attached hydrogen (secondary N) is 2. The van der Waals surface area contributed by atoms with E-state index in [-0.39, 0.29) is 18.2 Å². The van der Waals surface area contributed by atoms with Crippen molar-refractivity contribution in [3.05, 3.63) is 90.2 Å². The minimum absolute atomic E-state index is 0.0474. The molecule has 34 heavy (non-hydrogen) atoms. The fourth-order valence-electron chi connectivity index (χ4n) is 3.67. The van der Waals surface area contributed by atoms with Gasteiger partial charge < -0.3 is 15.7 Å². The van der Waals surface area contributed by atoms with E-state index in [4.69, 9.17) is 0 Å². The molecule has 2 heterocycles. The van der Waals surface area contributed by atoms with Gasteiger partial charge in [0.1, 0.15) is 0 Å². The van der Waals surface area contributed by atoms with E-state index in [1.54, 1.807) is 23.2 Å². The SMILES string of the molecule is O=C(NC1=CC(c2nn(CCO)cc2-c2ccncc2)CC=C1)Nc1ccc(C(F)(F)F)cc1.